The molecule has 178 valence electrons. The number of hydrogen-bond donors (Lipinski definition) is 3. The van der Waals surface area contributed by atoms with E-state index in [1.54, 1.807) is 11.3 Å². The number of aryl methyl sites for hydroxylation is 2. The predicted molar refractivity (Wildman–Crippen MR) is 127 cm³/mol. The fourth-order valence-corrected chi connectivity index (χ4v) is 4.55. The van der Waals surface area contributed by atoms with Gasteiger partial charge in [-0.3, -0.25) is 4.79 Å². The van der Waals surface area contributed by atoms with E-state index in [4.69, 9.17) is 14.3 Å². The molecular weight excluding hydrogens is 442 g/mol. The summed E-state index contributed by atoms with van der Waals surface area (Å²) in [5, 5.41) is 29.7. The number of amides is 1. The maximum atomic E-state index is 11.1. The van der Waals surface area contributed by atoms with Crippen molar-refractivity contribution >= 4 is 17.2 Å². The standard InChI is InChI=1S/C24H31N3O5S/c1-5-16-10-17(9-15(4)22(16)31-13-18(29)11-25-21(30)12-28)23-26-27-24(32-23)20-7-6-19(33-20)8-14(2)3/h6-7,9-10,14,18,28-29H,5,8,11-13H2,1-4H3,(H,25,30)/t18-/m1/s1. The third-order valence-electron chi connectivity index (χ3n) is 4.98. The van der Waals surface area contributed by atoms with Crippen molar-refractivity contribution in [2.45, 2.75) is 46.6 Å². The molecule has 0 aliphatic heterocycles. The highest BCUT2D eigenvalue weighted by Crippen LogP contribution is 2.34. The minimum Gasteiger partial charge on any atom is -0.490 e. The number of rotatable bonds is 11. The molecule has 3 aromatic rings. The van der Waals surface area contributed by atoms with Crippen LogP contribution < -0.4 is 10.1 Å². The monoisotopic (exact) mass is 473 g/mol. The van der Waals surface area contributed by atoms with Gasteiger partial charge in [0.2, 0.25) is 11.8 Å². The molecule has 0 saturated carbocycles. The average Bonchev–Trinajstić information content (AvgIpc) is 3.45. The summed E-state index contributed by atoms with van der Waals surface area (Å²) >= 11 is 1.67. The first-order chi connectivity index (χ1) is 15.8. The number of ether oxygens (including phenoxy) is 1. The molecule has 3 rings (SSSR count). The van der Waals surface area contributed by atoms with Crippen molar-refractivity contribution < 1.29 is 24.2 Å². The molecule has 33 heavy (non-hydrogen) atoms. The normalized spacial score (nSPS) is 12.2. The number of carbonyl (C=O) groups is 1. The topological polar surface area (TPSA) is 118 Å². The molecule has 0 aliphatic rings. The molecule has 0 radical (unpaired) electrons. The summed E-state index contributed by atoms with van der Waals surface area (Å²) in [5.74, 6) is 1.69. The largest absolute Gasteiger partial charge is 0.490 e. The molecule has 1 amide bonds. The Morgan fingerprint density at radius 3 is 2.70 bits per heavy atom. The van der Waals surface area contributed by atoms with Crippen LogP contribution in [0.5, 0.6) is 5.75 Å². The first-order valence-corrected chi connectivity index (χ1v) is 11.9. The lowest BCUT2D eigenvalue weighted by Gasteiger charge is -2.17. The van der Waals surface area contributed by atoms with Gasteiger partial charge in [0.05, 0.1) is 4.88 Å². The smallest absolute Gasteiger partial charge is 0.258 e. The number of benzene rings is 1. The molecule has 0 saturated heterocycles. The lowest BCUT2D eigenvalue weighted by molar-refractivity contribution is -0.124. The van der Waals surface area contributed by atoms with E-state index in [9.17, 15) is 9.90 Å². The van der Waals surface area contributed by atoms with E-state index in [1.165, 1.54) is 4.88 Å². The van der Waals surface area contributed by atoms with Crippen LogP contribution in [0.4, 0.5) is 0 Å². The van der Waals surface area contributed by atoms with Gasteiger partial charge >= 0.3 is 0 Å². The maximum absolute atomic E-state index is 11.1. The number of aromatic nitrogens is 2. The van der Waals surface area contributed by atoms with Gasteiger partial charge in [0.1, 0.15) is 25.1 Å². The van der Waals surface area contributed by atoms with Gasteiger partial charge in [-0.25, -0.2) is 0 Å². The second kappa shape index (κ2) is 11.4. The van der Waals surface area contributed by atoms with Gasteiger partial charge in [0, 0.05) is 17.0 Å². The zero-order valence-electron chi connectivity index (χ0n) is 19.4. The van der Waals surface area contributed by atoms with Crippen molar-refractivity contribution in [3.8, 4) is 28.0 Å². The highest BCUT2D eigenvalue weighted by atomic mass is 32.1. The van der Waals surface area contributed by atoms with Gasteiger partial charge < -0.3 is 24.7 Å². The quantitative estimate of drug-likeness (QED) is 0.391. The van der Waals surface area contributed by atoms with E-state index in [0.29, 0.717) is 29.9 Å². The Morgan fingerprint density at radius 2 is 2.00 bits per heavy atom. The number of thiophene rings is 1. The van der Waals surface area contributed by atoms with E-state index < -0.39 is 18.6 Å². The Balaban J connectivity index is 1.73. The third-order valence-corrected chi connectivity index (χ3v) is 6.08. The molecule has 0 aliphatic carbocycles. The minimum absolute atomic E-state index is 0.00431. The van der Waals surface area contributed by atoms with Crippen molar-refractivity contribution in [2.24, 2.45) is 5.92 Å². The molecule has 1 atom stereocenters. The minimum atomic E-state index is -0.894. The molecule has 9 heteroatoms. The highest BCUT2D eigenvalue weighted by Gasteiger charge is 2.17. The fourth-order valence-electron chi connectivity index (χ4n) is 3.41. The molecule has 8 nitrogen and oxygen atoms in total. The molecule has 0 fully saturated rings. The van der Waals surface area contributed by atoms with Gasteiger partial charge in [-0.2, -0.15) is 0 Å². The number of nitrogens with zero attached hydrogens (tertiary/aromatic N) is 2. The number of hydrogen-bond acceptors (Lipinski definition) is 8. The molecule has 2 aromatic heterocycles. The summed E-state index contributed by atoms with van der Waals surface area (Å²) in [4.78, 5) is 13.4. The molecule has 0 unspecified atom stereocenters. The SMILES string of the molecule is CCc1cc(-c2nnc(-c3ccc(CC(C)C)s3)o2)cc(C)c1OC[C@H](O)CNC(=O)CO. The fraction of sp³-hybridized carbons (Fsp3) is 0.458. The first-order valence-electron chi connectivity index (χ1n) is 11.1. The lowest BCUT2D eigenvalue weighted by Crippen LogP contribution is -2.36. The molecule has 0 bridgehead atoms. The second-order valence-electron chi connectivity index (χ2n) is 8.34. The van der Waals surface area contributed by atoms with Gasteiger partial charge in [-0.05, 0) is 61.1 Å². The Hall–Kier alpha value is -2.75. The lowest BCUT2D eigenvalue weighted by atomic mass is 10.0. The van der Waals surface area contributed by atoms with Crippen LogP contribution in [0.1, 0.15) is 36.8 Å². The third kappa shape index (κ3) is 6.63. The summed E-state index contributed by atoms with van der Waals surface area (Å²) in [5.41, 5.74) is 2.64. The van der Waals surface area contributed by atoms with Crippen molar-refractivity contribution in [2.75, 3.05) is 19.8 Å². The Bertz CT molecular complexity index is 1080. The van der Waals surface area contributed by atoms with E-state index in [-0.39, 0.29) is 13.2 Å². The van der Waals surface area contributed by atoms with Gasteiger partial charge in [0.25, 0.3) is 5.89 Å². The zero-order valence-corrected chi connectivity index (χ0v) is 20.2. The van der Waals surface area contributed by atoms with Crippen LogP contribution in [-0.4, -0.2) is 52.2 Å². The van der Waals surface area contributed by atoms with Crippen molar-refractivity contribution in [3.63, 3.8) is 0 Å². The molecule has 1 aromatic carbocycles. The number of aliphatic hydroxyl groups is 2. The maximum Gasteiger partial charge on any atom is 0.258 e. The first kappa shape index (κ1) is 24.9. The average molecular weight is 474 g/mol. The van der Waals surface area contributed by atoms with E-state index in [0.717, 1.165) is 28.0 Å². The van der Waals surface area contributed by atoms with Gasteiger partial charge in [-0.15, -0.1) is 21.5 Å². The van der Waals surface area contributed by atoms with E-state index in [2.05, 4.69) is 35.4 Å². The molecular formula is C24H31N3O5S. The Labute approximate surface area is 197 Å². The van der Waals surface area contributed by atoms with Gasteiger partial charge in [0.15, 0.2) is 0 Å². The second-order valence-corrected chi connectivity index (χ2v) is 9.51. The number of nitrogens with one attached hydrogen (secondary N) is 1. The van der Waals surface area contributed by atoms with Crippen LogP contribution in [0.2, 0.25) is 0 Å². The van der Waals surface area contributed by atoms with Crippen molar-refractivity contribution in [1.29, 1.82) is 0 Å². The van der Waals surface area contributed by atoms with Crippen LogP contribution in [0.25, 0.3) is 22.2 Å². The van der Waals surface area contributed by atoms with Crippen molar-refractivity contribution in [1.82, 2.24) is 15.5 Å². The summed E-state index contributed by atoms with van der Waals surface area (Å²) in [6.45, 7) is 7.74. The van der Waals surface area contributed by atoms with Crippen molar-refractivity contribution in [3.05, 3.63) is 40.3 Å². The van der Waals surface area contributed by atoms with Crippen LogP contribution >= 0.6 is 11.3 Å². The van der Waals surface area contributed by atoms with Crippen LogP contribution in [-0.2, 0) is 17.6 Å². The van der Waals surface area contributed by atoms with E-state index in [1.807, 2.05) is 32.0 Å². The molecule has 0 spiro atoms. The highest BCUT2D eigenvalue weighted by molar-refractivity contribution is 7.15. The number of carbonyl (C=O) groups excluding carboxylic acids is 1. The van der Waals surface area contributed by atoms with Gasteiger partial charge in [-0.1, -0.05) is 20.8 Å². The summed E-state index contributed by atoms with van der Waals surface area (Å²) in [7, 11) is 0. The van der Waals surface area contributed by atoms with Crippen LogP contribution in [0, 0.1) is 12.8 Å². The molecule has 3 N–H and O–H groups in total. The Kier molecular flexibility index (Phi) is 8.60. The summed E-state index contributed by atoms with van der Waals surface area (Å²) < 4.78 is 11.8. The van der Waals surface area contributed by atoms with Crippen LogP contribution in [0.15, 0.2) is 28.7 Å². The molecule has 2 heterocycles. The number of aliphatic hydroxyl groups excluding tert-OH is 2. The zero-order chi connectivity index (χ0) is 24.0. The van der Waals surface area contributed by atoms with E-state index >= 15 is 0 Å². The van der Waals surface area contributed by atoms with Crippen LogP contribution in [0.3, 0.4) is 0 Å². The summed E-state index contributed by atoms with van der Waals surface area (Å²) in [6, 6.07) is 8.01. The predicted octanol–water partition coefficient (Wildman–Crippen LogP) is 3.38. The Morgan fingerprint density at radius 1 is 1.24 bits per heavy atom. The summed E-state index contributed by atoms with van der Waals surface area (Å²) in [6.07, 6.45) is 0.842.